The molecule has 0 radical (unpaired) electrons. The molecule has 0 aliphatic heterocycles. The van der Waals surface area contributed by atoms with Gasteiger partial charge in [-0.15, -0.1) is 0 Å². The molecule has 0 saturated carbocycles. The van der Waals surface area contributed by atoms with Crippen molar-refractivity contribution in [3.05, 3.63) is 228 Å². The normalized spacial score (nSPS) is 14.8. The predicted molar refractivity (Wildman–Crippen MR) is 229 cm³/mol. The van der Waals surface area contributed by atoms with E-state index in [1.165, 1.54) is 0 Å². The summed E-state index contributed by atoms with van der Waals surface area (Å²) < 4.78 is 58.0. The van der Waals surface area contributed by atoms with E-state index in [2.05, 4.69) is 125 Å². The zero-order valence-electron chi connectivity index (χ0n) is 35.6. The molecule has 10 aromatic rings. The number of aromatic nitrogens is 1. The molecule has 55 heavy (non-hydrogen) atoms. The fourth-order valence-corrected chi connectivity index (χ4v) is 9.56. The predicted octanol–water partition coefficient (Wildman–Crippen LogP) is 13.8. The number of rotatable bonds is 4. The zero-order chi connectivity index (χ0) is 41.3. The number of hydrogen-bond acceptors (Lipinski definition) is 1. The molecule has 12 rings (SSSR count). The van der Waals surface area contributed by atoms with Crippen LogP contribution in [0.2, 0.25) is 0 Å². The molecule has 1 heterocycles. The molecule has 0 amide bonds. The van der Waals surface area contributed by atoms with E-state index >= 15 is 0 Å². The molecule has 0 unspecified atom stereocenters. The van der Waals surface area contributed by atoms with Crippen LogP contribution in [0.3, 0.4) is 0 Å². The van der Waals surface area contributed by atoms with Crippen LogP contribution in [0, 0.1) is 0 Å². The number of benzene rings is 9. The summed E-state index contributed by atoms with van der Waals surface area (Å²) in [5, 5.41) is 2.81. The Hall–Kier alpha value is -7.16. The first-order chi connectivity index (χ1) is 29.8. The van der Waals surface area contributed by atoms with Gasteiger partial charge in [-0.1, -0.05) is 145 Å². The first-order valence-electron chi connectivity index (χ1n) is 21.6. The van der Waals surface area contributed by atoms with Crippen molar-refractivity contribution in [3.63, 3.8) is 0 Å². The lowest BCUT2D eigenvalue weighted by atomic mass is 9.61. The Kier molecular flexibility index (Phi) is 5.18. The van der Waals surface area contributed by atoms with Crippen LogP contribution in [0.25, 0.3) is 60.5 Å². The minimum absolute atomic E-state index is 0.113. The van der Waals surface area contributed by atoms with E-state index in [-0.39, 0.29) is 41.6 Å². The van der Waals surface area contributed by atoms with Gasteiger partial charge in [0.2, 0.25) is 0 Å². The van der Waals surface area contributed by atoms with Gasteiger partial charge in [0.25, 0.3) is 0 Å². The summed E-state index contributed by atoms with van der Waals surface area (Å²) in [6, 6.07) is 57.1. The Balaban J connectivity index is 1.20. The van der Waals surface area contributed by atoms with Crippen molar-refractivity contribution in [2.24, 2.45) is 0 Å². The monoisotopic (exact) mass is 704 g/mol. The Bertz CT molecular complexity index is 3450. The summed E-state index contributed by atoms with van der Waals surface area (Å²) in [6.07, 6.45) is 0. The van der Waals surface area contributed by atoms with Crippen molar-refractivity contribution in [3.8, 4) is 27.9 Å². The van der Waals surface area contributed by atoms with Gasteiger partial charge in [0.1, 0.15) is 0 Å². The second-order valence-corrected chi connectivity index (χ2v) is 14.4. The van der Waals surface area contributed by atoms with E-state index in [0.29, 0.717) is 22.1 Å². The Morgan fingerprint density at radius 3 is 1.80 bits per heavy atom. The van der Waals surface area contributed by atoms with Crippen LogP contribution < -0.4 is 4.90 Å². The molecule has 2 nitrogen and oxygen atoms in total. The quantitative estimate of drug-likeness (QED) is 0.177. The molecule has 2 aliphatic carbocycles. The second-order valence-electron chi connectivity index (χ2n) is 14.4. The van der Waals surface area contributed by atoms with E-state index < -0.39 is 5.41 Å². The molecule has 0 atom stereocenters. The van der Waals surface area contributed by atoms with Crippen molar-refractivity contribution in [2.75, 3.05) is 4.90 Å². The van der Waals surface area contributed by atoms with E-state index in [9.17, 15) is 4.11 Å². The molecule has 0 saturated heterocycles. The highest BCUT2D eigenvalue weighted by atomic mass is 15.1. The van der Waals surface area contributed by atoms with Crippen LogP contribution in [-0.4, -0.2) is 4.57 Å². The third-order valence-electron chi connectivity index (χ3n) is 11.7. The molecular formula is C53H34N2. The Labute approximate surface area is 328 Å². The summed E-state index contributed by atoms with van der Waals surface area (Å²) >= 11 is 0. The lowest BCUT2D eigenvalue weighted by Gasteiger charge is -2.40. The summed E-state index contributed by atoms with van der Waals surface area (Å²) in [6.45, 7) is 0. The SMILES string of the molecule is [2H]c1c([2H])c2c3c(c([2H])c([2H])c([2H])c3c1[2H])C1(c3ccccc3-c3ccccc31)c1cc(N(c3ccccc3)c3ccc4c(c3)c3ccccc3n4-c3ccccc3)ccc1-2. The minimum atomic E-state index is -1.15. The van der Waals surface area contributed by atoms with Crippen LogP contribution in [0.4, 0.5) is 17.1 Å². The summed E-state index contributed by atoms with van der Waals surface area (Å²) in [7, 11) is 0. The number of nitrogens with zero attached hydrogens (tertiary/aromatic N) is 2. The maximum Gasteiger partial charge on any atom is 0.0726 e. The molecule has 2 heteroatoms. The fourth-order valence-electron chi connectivity index (χ4n) is 9.56. The number of para-hydroxylation sites is 3. The van der Waals surface area contributed by atoms with Crippen molar-refractivity contribution >= 4 is 49.6 Å². The summed E-state index contributed by atoms with van der Waals surface area (Å²) in [5.41, 5.74) is 11.1. The third-order valence-corrected chi connectivity index (χ3v) is 11.7. The Morgan fingerprint density at radius 2 is 1.02 bits per heavy atom. The van der Waals surface area contributed by atoms with Crippen molar-refractivity contribution in [1.82, 2.24) is 4.57 Å². The maximum absolute atomic E-state index is 9.78. The van der Waals surface area contributed by atoms with Crippen LogP contribution >= 0.6 is 0 Å². The van der Waals surface area contributed by atoms with Gasteiger partial charge in [-0.25, -0.2) is 0 Å². The van der Waals surface area contributed by atoms with Gasteiger partial charge in [0, 0.05) is 33.5 Å². The molecule has 9 aromatic carbocycles. The third kappa shape index (κ3) is 4.08. The van der Waals surface area contributed by atoms with E-state index in [1.54, 1.807) is 0 Å². The molecule has 0 bridgehead atoms. The molecule has 256 valence electrons. The topological polar surface area (TPSA) is 8.17 Å². The van der Waals surface area contributed by atoms with Gasteiger partial charge in [0.15, 0.2) is 0 Å². The van der Waals surface area contributed by atoms with Crippen molar-refractivity contribution in [2.45, 2.75) is 5.41 Å². The number of hydrogen-bond donors (Lipinski definition) is 0. The first-order valence-corrected chi connectivity index (χ1v) is 18.6. The number of anilines is 3. The lowest BCUT2D eigenvalue weighted by molar-refractivity contribution is 0.773. The van der Waals surface area contributed by atoms with Crippen LogP contribution in [-0.2, 0) is 5.41 Å². The first kappa shape index (κ1) is 25.0. The summed E-state index contributed by atoms with van der Waals surface area (Å²) in [5.74, 6) is 0. The van der Waals surface area contributed by atoms with Gasteiger partial charge >= 0.3 is 0 Å². The van der Waals surface area contributed by atoms with E-state index in [1.807, 2.05) is 54.6 Å². The average molecular weight is 705 g/mol. The van der Waals surface area contributed by atoms with Crippen LogP contribution in [0.15, 0.2) is 206 Å². The fraction of sp³-hybridized carbons (Fsp3) is 0.0189. The van der Waals surface area contributed by atoms with Gasteiger partial charge in [0.05, 0.1) is 24.7 Å². The highest BCUT2D eigenvalue weighted by Crippen LogP contribution is 2.62. The zero-order valence-corrected chi connectivity index (χ0v) is 29.6. The molecule has 0 N–H and O–H groups in total. The molecule has 1 aromatic heterocycles. The van der Waals surface area contributed by atoms with Gasteiger partial charge < -0.3 is 9.47 Å². The van der Waals surface area contributed by atoms with Gasteiger partial charge in [-0.2, -0.15) is 0 Å². The highest BCUT2D eigenvalue weighted by Gasteiger charge is 2.50. The molecule has 2 aliphatic rings. The van der Waals surface area contributed by atoms with Crippen LogP contribution in [0.1, 0.15) is 30.5 Å². The highest BCUT2D eigenvalue weighted by molar-refractivity contribution is 6.11. The average Bonchev–Trinajstić information content (AvgIpc) is 3.79. The van der Waals surface area contributed by atoms with E-state index in [0.717, 1.165) is 72.4 Å². The second kappa shape index (κ2) is 11.4. The van der Waals surface area contributed by atoms with E-state index in [4.69, 9.17) is 4.11 Å². The van der Waals surface area contributed by atoms with Gasteiger partial charge in [-0.05, 0) is 116 Å². The smallest absolute Gasteiger partial charge is 0.0726 e. The standard InChI is InChI=1S/C53H34N2/c1-3-17-36(18-4-1)54(38-30-32-51-45(33-38)43-23-9-12-28-50(43)55(51)37-19-5-2-6-20-37)39-29-31-42-44-24-13-15-35-16-14-27-48(52(35)44)53(49(42)34-39)46-25-10-7-21-40(46)41-22-8-11-26-47(41)53/h1-34H/i13D,14D,15D,16D,24D,27D. The maximum atomic E-state index is 9.78. The minimum Gasteiger partial charge on any atom is -0.310 e. The molecule has 1 spiro atoms. The summed E-state index contributed by atoms with van der Waals surface area (Å²) in [4.78, 5) is 2.24. The van der Waals surface area contributed by atoms with Crippen molar-refractivity contribution < 1.29 is 8.22 Å². The number of fused-ring (bicyclic) bond motifs is 12. The van der Waals surface area contributed by atoms with Gasteiger partial charge in [-0.3, -0.25) is 0 Å². The molecular weight excluding hydrogens is 665 g/mol. The lowest BCUT2D eigenvalue weighted by Crippen LogP contribution is -2.32. The van der Waals surface area contributed by atoms with Crippen LogP contribution in [0.5, 0.6) is 0 Å². The Morgan fingerprint density at radius 1 is 0.418 bits per heavy atom. The largest absolute Gasteiger partial charge is 0.310 e. The van der Waals surface area contributed by atoms with Crippen molar-refractivity contribution in [1.29, 1.82) is 0 Å². The molecule has 0 fully saturated rings.